The Kier molecular flexibility index (Phi) is 5.65. The van der Waals surface area contributed by atoms with Gasteiger partial charge in [-0.2, -0.15) is 0 Å². The van der Waals surface area contributed by atoms with Gasteiger partial charge in [0.15, 0.2) is 0 Å². The van der Waals surface area contributed by atoms with E-state index in [0.29, 0.717) is 10.9 Å². The Morgan fingerprint density at radius 1 is 1.48 bits per heavy atom. The molecule has 1 aliphatic heterocycles. The number of piperidine rings is 1. The van der Waals surface area contributed by atoms with Crippen molar-refractivity contribution in [1.29, 1.82) is 0 Å². The molecular weight excluding hydrogens is 290 g/mol. The summed E-state index contributed by atoms with van der Waals surface area (Å²) in [6.45, 7) is 2.67. The first-order chi connectivity index (χ1) is 10.1. The maximum Gasteiger partial charge on any atom is 0.328 e. The summed E-state index contributed by atoms with van der Waals surface area (Å²) in [5.74, 6) is -0.349. The number of ether oxygens (including phenoxy) is 1. The first-order valence-corrected chi connectivity index (χ1v) is 7.42. The minimum atomic E-state index is -0.949. The van der Waals surface area contributed by atoms with E-state index < -0.39 is 5.97 Å². The Morgan fingerprint density at radius 3 is 2.81 bits per heavy atom. The maximum absolute atomic E-state index is 10.7. The number of methoxy groups -OCH3 is 1. The van der Waals surface area contributed by atoms with E-state index in [0.717, 1.165) is 49.9 Å². The molecule has 1 fully saturated rings. The highest BCUT2D eigenvalue weighted by molar-refractivity contribution is 6.31. The van der Waals surface area contributed by atoms with Gasteiger partial charge in [0.25, 0.3) is 0 Å². The van der Waals surface area contributed by atoms with Gasteiger partial charge in [0.2, 0.25) is 0 Å². The van der Waals surface area contributed by atoms with E-state index >= 15 is 0 Å². The van der Waals surface area contributed by atoms with Gasteiger partial charge in [-0.15, -0.1) is 0 Å². The Hall–Kier alpha value is -1.52. The number of hydrogen-bond acceptors (Lipinski definition) is 3. The van der Waals surface area contributed by atoms with Crippen molar-refractivity contribution < 1.29 is 14.6 Å². The van der Waals surface area contributed by atoms with Gasteiger partial charge in [-0.1, -0.05) is 17.7 Å². The summed E-state index contributed by atoms with van der Waals surface area (Å²) < 4.78 is 5.21. The number of anilines is 1. The second kappa shape index (κ2) is 7.48. The number of halogens is 1. The summed E-state index contributed by atoms with van der Waals surface area (Å²) in [6, 6.07) is 5.54. The van der Waals surface area contributed by atoms with Crippen LogP contribution in [0.15, 0.2) is 24.3 Å². The van der Waals surface area contributed by atoms with Crippen molar-refractivity contribution in [1.82, 2.24) is 0 Å². The third kappa shape index (κ3) is 4.48. The fourth-order valence-corrected chi connectivity index (χ4v) is 2.84. The Bertz CT molecular complexity index is 522. The van der Waals surface area contributed by atoms with Gasteiger partial charge in [-0.25, -0.2) is 4.79 Å². The van der Waals surface area contributed by atoms with Crippen LogP contribution in [0.3, 0.4) is 0 Å². The molecule has 1 heterocycles. The molecule has 0 bridgehead atoms. The minimum absolute atomic E-state index is 0.600. The summed E-state index contributed by atoms with van der Waals surface area (Å²) in [7, 11) is 1.73. The molecular formula is C16H20ClNO3. The minimum Gasteiger partial charge on any atom is -0.478 e. The standard InChI is InChI=1S/C16H20ClNO3/c1-21-11-12-6-8-18(9-7-12)15-10-14(17)4-2-13(15)3-5-16(19)20/h2-5,10,12H,6-9,11H2,1H3,(H,19,20)/b5-3+. The Labute approximate surface area is 130 Å². The number of nitrogens with zero attached hydrogens (tertiary/aromatic N) is 1. The number of benzene rings is 1. The van der Waals surface area contributed by atoms with Gasteiger partial charge in [0.1, 0.15) is 0 Å². The zero-order chi connectivity index (χ0) is 15.2. The monoisotopic (exact) mass is 309 g/mol. The third-order valence-electron chi connectivity index (χ3n) is 3.76. The van der Waals surface area contributed by atoms with Crippen molar-refractivity contribution in [2.75, 3.05) is 31.7 Å². The molecule has 0 amide bonds. The molecule has 21 heavy (non-hydrogen) atoms. The number of carbonyl (C=O) groups is 1. The zero-order valence-electron chi connectivity index (χ0n) is 12.1. The van der Waals surface area contributed by atoms with Gasteiger partial charge in [0.05, 0.1) is 0 Å². The van der Waals surface area contributed by atoms with Crippen LogP contribution in [-0.4, -0.2) is 37.9 Å². The van der Waals surface area contributed by atoms with Crippen LogP contribution in [0.25, 0.3) is 6.08 Å². The van der Waals surface area contributed by atoms with E-state index in [1.807, 2.05) is 12.1 Å². The first-order valence-electron chi connectivity index (χ1n) is 7.04. The zero-order valence-corrected chi connectivity index (χ0v) is 12.8. The molecule has 0 aliphatic carbocycles. The molecule has 0 unspecified atom stereocenters. The molecule has 4 nitrogen and oxygen atoms in total. The third-order valence-corrected chi connectivity index (χ3v) is 3.99. The number of carboxylic acids is 1. The smallest absolute Gasteiger partial charge is 0.328 e. The molecule has 1 N–H and O–H groups in total. The summed E-state index contributed by atoms with van der Waals surface area (Å²) >= 11 is 6.09. The predicted octanol–water partition coefficient (Wildman–Crippen LogP) is 3.30. The molecule has 1 aromatic rings. The van der Waals surface area contributed by atoms with Crippen LogP contribution in [0, 0.1) is 5.92 Å². The number of aliphatic carboxylic acids is 1. The fraction of sp³-hybridized carbons (Fsp3) is 0.438. The average molecular weight is 310 g/mol. The largest absolute Gasteiger partial charge is 0.478 e. The van der Waals surface area contributed by atoms with E-state index in [2.05, 4.69) is 4.90 Å². The van der Waals surface area contributed by atoms with Crippen molar-refractivity contribution >= 4 is 29.3 Å². The average Bonchev–Trinajstić information content (AvgIpc) is 2.47. The summed E-state index contributed by atoms with van der Waals surface area (Å²) in [6.07, 6.45) is 4.92. The van der Waals surface area contributed by atoms with Gasteiger partial charge >= 0.3 is 5.97 Å². The second-order valence-electron chi connectivity index (χ2n) is 5.26. The van der Waals surface area contributed by atoms with E-state index in [9.17, 15) is 4.79 Å². The van der Waals surface area contributed by atoms with Crippen molar-refractivity contribution in [2.45, 2.75) is 12.8 Å². The quantitative estimate of drug-likeness (QED) is 0.848. The van der Waals surface area contributed by atoms with E-state index in [1.165, 1.54) is 0 Å². The molecule has 2 rings (SSSR count). The van der Waals surface area contributed by atoms with E-state index in [1.54, 1.807) is 19.3 Å². The molecule has 1 aliphatic rings. The summed E-state index contributed by atoms with van der Waals surface area (Å²) in [5.41, 5.74) is 1.88. The van der Waals surface area contributed by atoms with Crippen molar-refractivity contribution in [3.8, 4) is 0 Å². The lowest BCUT2D eigenvalue weighted by Crippen LogP contribution is -2.35. The molecule has 0 spiro atoms. The highest BCUT2D eigenvalue weighted by Gasteiger charge is 2.20. The topological polar surface area (TPSA) is 49.8 Å². The molecule has 0 atom stereocenters. The van der Waals surface area contributed by atoms with Crippen molar-refractivity contribution in [2.24, 2.45) is 5.92 Å². The van der Waals surface area contributed by atoms with Crippen LogP contribution in [0.4, 0.5) is 5.69 Å². The van der Waals surface area contributed by atoms with Crippen LogP contribution in [0.5, 0.6) is 0 Å². The van der Waals surface area contributed by atoms with Gasteiger partial charge in [-0.05, 0) is 42.5 Å². The highest BCUT2D eigenvalue weighted by Crippen LogP contribution is 2.30. The Balaban J connectivity index is 2.15. The highest BCUT2D eigenvalue weighted by atomic mass is 35.5. The lowest BCUT2D eigenvalue weighted by atomic mass is 9.96. The normalized spacial score (nSPS) is 16.6. The van der Waals surface area contributed by atoms with Crippen molar-refractivity contribution in [3.05, 3.63) is 34.9 Å². The molecule has 5 heteroatoms. The predicted molar refractivity (Wildman–Crippen MR) is 84.9 cm³/mol. The molecule has 0 saturated carbocycles. The molecule has 0 radical (unpaired) electrons. The number of carboxylic acid groups (broad SMARTS) is 1. The Morgan fingerprint density at radius 2 is 2.19 bits per heavy atom. The van der Waals surface area contributed by atoms with Gasteiger partial charge < -0.3 is 14.7 Å². The van der Waals surface area contributed by atoms with Crippen LogP contribution in [0.1, 0.15) is 18.4 Å². The van der Waals surface area contributed by atoms with Crippen LogP contribution in [0.2, 0.25) is 5.02 Å². The van der Waals surface area contributed by atoms with E-state index in [4.69, 9.17) is 21.4 Å². The van der Waals surface area contributed by atoms with Crippen molar-refractivity contribution in [3.63, 3.8) is 0 Å². The van der Waals surface area contributed by atoms with Crippen LogP contribution >= 0.6 is 11.6 Å². The lowest BCUT2D eigenvalue weighted by molar-refractivity contribution is -0.131. The first kappa shape index (κ1) is 15.9. The maximum atomic E-state index is 10.7. The molecule has 1 aromatic carbocycles. The summed E-state index contributed by atoms with van der Waals surface area (Å²) in [4.78, 5) is 13.0. The SMILES string of the molecule is COCC1CCN(c2cc(Cl)ccc2/C=C/C(=O)O)CC1. The lowest BCUT2D eigenvalue weighted by Gasteiger charge is -2.34. The fourth-order valence-electron chi connectivity index (χ4n) is 2.67. The molecule has 114 valence electrons. The number of rotatable bonds is 5. The van der Waals surface area contributed by atoms with E-state index in [-0.39, 0.29) is 0 Å². The van der Waals surface area contributed by atoms with Crippen LogP contribution in [-0.2, 0) is 9.53 Å². The molecule has 1 saturated heterocycles. The second-order valence-corrected chi connectivity index (χ2v) is 5.70. The number of hydrogen-bond donors (Lipinski definition) is 1. The van der Waals surface area contributed by atoms with Gasteiger partial charge in [-0.3, -0.25) is 0 Å². The molecule has 0 aromatic heterocycles. The summed E-state index contributed by atoms with van der Waals surface area (Å²) in [5, 5.41) is 9.45. The van der Waals surface area contributed by atoms with Gasteiger partial charge in [0, 0.05) is 43.6 Å². The van der Waals surface area contributed by atoms with Crippen LogP contribution < -0.4 is 4.90 Å².